The number of carbonyl (C=O) groups excluding carboxylic acids is 2. The first-order valence-corrected chi connectivity index (χ1v) is 6.90. The summed E-state index contributed by atoms with van der Waals surface area (Å²) in [5.41, 5.74) is 0.770. The van der Waals surface area contributed by atoms with Crippen molar-refractivity contribution in [2.45, 2.75) is 19.9 Å². The zero-order valence-electron chi connectivity index (χ0n) is 11.4. The molecule has 0 bridgehead atoms. The average Bonchev–Trinajstić information content (AvgIpc) is 2.45. The van der Waals surface area contributed by atoms with Crippen LogP contribution in [0.1, 0.15) is 18.9 Å². The van der Waals surface area contributed by atoms with Gasteiger partial charge >= 0.3 is 11.8 Å². The molecule has 20 heavy (non-hydrogen) atoms. The molecule has 2 amide bonds. The van der Waals surface area contributed by atoms with Crippen LogP contribution in [0.5, 0.6) is 0 Å². The molecular weight excluding hydrogens is 280 g/mol. The van der Waals surface area contributed by atoms with Gasteiger partial charge in [0.05, 0.1) is 0 Å². The number of hydrogen-bond acceptors (Lipinski definition) is 3. The zero-order valence-corrected chi connectivity index (χ0v) is 12.2. The van der Waals surface area contributed by atoms with Gasteiger partial charge in [-0.15, -0.1) is 0 Å². The smallest absolute Gasteiger partial charge is 0.309 e. The van der Waals surface area contributed by atoms with E-state index in [-0.39, 0.29) is 6.54 Å². The lowest BCUT2D eigenvalue weighted by Crippen LogP contribution is -2.40. The molecule has 1 aromatic rings. The Morgan fingerprint density at radius 3 is 2.60 bits per heavy atom. The Hall–Kier alpha value is -1.59. The Labute approximate surface area is 123 Å². The number of halogens is 1. The van der Waals surface area contributed by atoms with E-state index in [4.69, 9.17) is 16.3 Å². The van der Waals surface area contributed by atoms with Crippen molar-refractivity contribution in [3.8, 4) is 0 Å². The molecule has 110 valence electrons. The molecule has 2 N–H and O–H groups in total. The average molecular weight is 299 g/mol. The zero-order chi connectivity index (χ0) is 14.8. The minimum absolute atomic E-state index is 0.227. The van der Waals surface area contributed by atoms with Crippen LogP contribution in [0, 0.1) is 0 Å². The Bertz CT molecular complexity index is 452. The summed E-state index contributed by atoms with van der Waals surface area (Å²) in [4.78, 5) is 23.0. The summed E-state index contributed by atoms with van der Waals surface area (Å²) in [5.74, 6) is -1.31. The third-order valence-electron chi connectivity index (χ3n) is 2.56. The van der Waals surface area contributed by atoms with Crippen molar-refractivity contribution >= 4 is 23.4 Å². The summed E-state index contributed by atoms with van der Waals surface area (Å²) >= 11 is 5.95. The first kappa shape index (κ1) is 16.5. The van der Waals surface area contributed by atoms with Gasteiger partial charge in [0, 0.05) is 31.3 Å². The molecule has 0 unspecified atom stereocenters. The minimum atomic E-state index is -0.665. The van der Waals surface area contributed by atoms with Gasteiger partial charge < -0.3 is 15.4 Å². The number of nitrogens with one attached hydrogen (secondary N) is 2. The summed E-state index contributed by atoms with van der Waals surface area (Å²) in [6.45, 7) is 3.76. The van der Waals surface area contributed by atoms with Crippen LogP contribution in [-0.2, 0) is 20.9 Å². The van der Waals surface area contributed by atoms with E-state index in [0.717, 1.165) is 5.56 Å². The van der Waals surface area contributed by atoms with E-state index < -0.39 is 11.8 Å². The van der Waals surface area contributed by atoms with Gasteiger partial charge in [-0.2, -0.15) is 0 Å². The number of rotatable bonds is 7. The lowest BCUT2D eigenvalue weighted by molar-refractivity contribution is -0.139. The molecule has 0 aromatic heterocycles. The molecule has 0 aliphatic heterocycles. The highest BCUT2D eigenvalue weighted by atomic mass is 35.5. The quantitative estimate of drug-likeness (QED) is 0.592. The summed E-state index contributed by atoms with van der Waals surface area (Å²) in [6, 6.07) is 7.15. The fraction of sp³-hybridized carbons (Fsp3) is 0.429. The Balaban J connectivity index is 2.25. The largest absolute Gasteiger partial charge is 0.382 e. The van der Waals surface area contributed by atoms with Crippen molar-refractivity contribution in [2.75, 3.05) is 19.8 Å². The van der Waals surface area contributed by atoms with Gasteiger partial charge in [-0.25, -0.2) is 0 Å². The highest BCUT2D eigenvalue weighted by molar-refractivity contribution is 6.35. The lowest BCUT2D eigenvalue weighted by Gasteiger charge is -2.07. The molecule has 0 heterocycles. The molecule has 1 aromatic carbocycles. The number of amides is 2. The predicted molar refractivity (Wildman–Crippen MR) is 77.4 cm³/mol. The maximum Gasteiger partial charge on any atom is 0.309 e. The van der Waals surface area contributed by atoms with Gasteiger partial charge in [0.15, 0.2) is 0 Å². The maximum atomic E-state index is 11.6. The molecule has 6 heteroatoms. The summed E-state index contributed by atoms with van der Waals surface area (Å²) in [5, 5.41) is 5.61. The Morgan fingerprint density at radius 1 is 1.20 bits per heavy atom. The highest BCUT2D eigenvalue weighted by Gasteiger charge is 2.12. The lowest BCUT2D eigenvalue weighted by atomic mass is 10.2. The van der Waals surface area contributed by atoms with E-state index in [0.29, 0.717) is 31.2 Å². The SMILES string of the molecule is CCOCCCNC(=O)C(=O)NCc1ccccc1Cl. The van der Waals surface area contributed by atoms with E-state index in [9.17, 15) is 9.59 Å². The molecule has 0 fully saturated rings. The standard InChI is InChI=1S/C14H19ClN2O3/c1-2-20-9-5-8-16-13(18)14(19)17-10-11-6-3-4-7-12(11)15/h3-4,6-7H,2,5,8-10H2,1H3,(H,16,18)(H,17,19). The third kappa shape index (κ3) is 6.04. The molecular formula is C14H19ClN2O3. The summed E-state index contributed by atoms with van der Waals surface area (Å²) in [7, 11) is 0. The molecule has 0 saturated heterocycles. The van der Waals surface area contributed by atoms with E-state index in [1.807, 2.05) is 13.0 Å². The van der Waals surface area contributed by atoms with Crippen molar-refractivity contribution in [1.82, 2.24) is 10.6 Å². The maximum absolute atomic E-state index is 11.6. The molecule has 1 rings (SSSR count). The highest BCUT2D eigenvalue weighted by Crippen LogP contribution is 2.14. The van der Waals surface area contributed by atoms with Gasteiger partial charge in [-0.3, -0.25) is 9.59 Å². The van der Waals surface area contributed by atoms with E-state index in [1.165, 1.54) is 0 Å². The molecule has 0 radical (unpaired) electrons. The fourth-order valence-corrected chi connectivity index (χ4v) is 1.70. The van der Waals surface area contributed by atoms with Crippen molar-refractivity contribution in [3.63, 3.8) is 0 Å². The third-order valence-corrected chi connectivity index (χ3v) is 2.93. The fourth-order valence-electron chi connectivity index (χ4n) is 1.50. The topological polar surface area (TPSA) is 67.4 Å². The second kappa shape index (κ2) is 9.34. The first-order valence-electron chi connectivity index (χ1n) is 6.52. The number of hydrogen-bond donors (Lipinski definition) is 2. The van der Waals surface area contributed by atoms with Crippen LogP contribution in [0.15, 0.2) is 24.3 Å². The van der Waals surface area contributed by atoms with Crippen LogP contribution >= 0.6 is 11.6 Å². The van der Waals surface area contributed by atoms with Crippen LogP contribution < -0.4 is 10.6 Å². The van der Waals surface area contributed by atoms with Crippen LogP contribution in [0.25, 0.3) is 0 Å². The van der Waals surface area contributed by atoms with E-state index >= 15 is 0 Å². The second-order valence-corrected chi connectivity index (χ2v) is 4.49. The molecule has 0 atom stereocenters. The van der Waals surface area contributed by atoms with Gasteiger partial charge in [-0.1, -0.05) is 29.8 Å². The molecule has 5 nitrogen and oxygen atoms in total. The monoisotopic (exact) mass is 298 g/mol. The molecule has 0 aliphatic rings. The number of ether oxygens (including phenoxy) is 1. The van der Waals surface area contributed by atoms with Crippen LogP contribution in [0.2, 0.25) is 5.02 Å². The molecule has 0 saturated carbocycles. The molecule has 0 spiro atoms. The summed E-state index contributed by atoms with van der Waals surface area (Å²) < 4.78 is 5.13. The van der Waals surface area contributed by atoms with Crippen molar-refractivity contribution < 1.29 is 14.3 Å². The second-order valence-electron chi connectivity index (χ2n) is 4.08. The Morgan fingerprint density at radius 2 is 1.90 bits per heavy atom. The van der Waals surface area contributed by atoms with E-state index in [2.05, 4.69) is 10.6 Å². The first-order chi connectivity index (χ1) is 9.65. The van der Waals surface area contributed by atoms with Gasteiger partial charge in [-0.05, 0) is 25.0 Å². The van der Waals surface area contributed by atoms with Crippen LogP contribution in [0.3, 0.4) is 0 Å². The number of benzene rings is 1. The van der Waals surface area contributed by atoms with Gasteiger partial charge in [0.25, 0.3) is 0 Å². The predicted octanol–water partition coefficient (Wildman–Crippen LogP) is 1.50. The van der Waals surface area contributed by atoms with Crippen molar-refractivity contribution in [2.24, 2.45) is 0 Å². The van der Waals surface area contributed by atoms with Crippen molar-refractivity contribution in [3.05, 3.63) is 34.9 Å². The van der Waals surface area contributed by atoms with Crippen molar-refractivity contribution in [1.29, 1.82) is 0 Å². The van der Waals surface area contributed by atoms with Gasteiger partial charge in [0.1, 0.15) is 0 Å². The Kier molecular flexibility index (Phi) is 7.69. The van der Waals surface area contributed by atoms with Crippen LogP contribution in [0.4, 0.5) is 0 Å². The minimum Gasteiger partial charge on any atom is -0.382 e. The van der Waals surface area contributed by atoms with Gasteiger partial charge in [0.2, 0.25) is 0 Å². The normalized spacial score (nSPS) is 10.1. The number of carbonyl (C=O) groups is 2. The van der Waals surface area contributed by atoms with E-state index in [1.54, 1.807) is 18.2 Å². The summed E-state index contributed by atoms with van der Waals surface area (Å²) in [6.07, 6.45) is 0.678. The van der Waals surface area contributed by atoms with Crippen LogP contribution in [-0.4, -0.2) is 31.6 Å². The molecule has 0 aliphatic carbocycles.